The maximum atomic E-state index is 12.8. The molecule has 1 saturated carbocycles. The lowest BCUT2D eigenvalue weighted by Gasteiger charge is -2.28. The number of carbonyl (C=O) groups is 1. The van der Waals surface area contributed by atoms with Crippen molar-refractivity contribution in [2.24, 2.45) is 5.92 Å². The van der Waals surface area contributed by atoms with E-state index < -0.39 is 0 Å². The molecule has 0 radical (unpaired) electrons. The van der Waals surface area contributed by atoms with E-state index in [4.69, 9.17) is 0 Å². The van der Waals surface area contributed by atoms with E-state index in [1.165, 1.54) is 12.8 Å². The van der Waals surface area contributed by atoms with E-state index >= 15 is 0 Å². The minimum atomic E-state index is -0.0328. The van der Waals surface area contributed by atoms with Crippen LogP contribution >= 0.6 is 0 Å². The Labute approximate surface area is 137 Å². The second kappa shape index (κ2) is 6.86. The normalized spacial score (nSPS) is 16.6. The monoisotopic (exact) mass is 312 g/mol. The van der Waals surface area contributed by atoms with Gasteiger partial charge in [0.25, 0.3) is 0 Å². The molecule has 122 valence electrons. The van der Waals surface area contributed by atoms with Crippen molar-refractivity contribution in [2.75, 3.05) is 11.4 Å². The maximum absolute atomic E-state index is 12.8. The maximum Gasteiger partial charge on any atom is 0.322 e. The first-order valence-corrected chi connectivity index (χ1v) is 8.27. The number of hydrogen-bond acceptors (Lipinski definition) is 2. The number of rotatable bonds is 6. The molecule has 2 aromatic rings. The lowest BCUT2D eigenvalue weighted by molar-refractivity contribution is 0.238. The Morgan fingerprint density at radius 3 is 2.65 bits per heavy atom. The Morgan fingerprint density at radius 1 is 1.30 bits per heavy atom. The number of amides is 2. The van der Waals surface area contributed by atoms with Crippen LogP contribution in [0.5, 0.6) is 0 Å². The second-order valence-electron chi connectivity index (χ2n) is 6.35. The number of carbonyl (C=O) groups excluding carboxylic acids is 1. The fourth-order valence-corrected chi connectivity index (χ4v) is 2.62. The molecule has 0 bridgehead atoms. The van der Waals surface area contributed by atoms with Crippen LogP contribution in [-0.4, -0.2) is 28.4 Å². The van der Waals surface area contributed by atoms with Gasteiger partial charge >= 0.3 is 6.03 Å². The Morgan fingerprint density at radius 2 is 2.04 bits per heavy atom. The highest BCUT2D eigenvalue weighted by atomic mass is 16.2. The Bertz CT molecular complexity index is 622. The number of nitrogens with one attached hydrogen (secondary N) is 1. The van der Waals surface area contributed by atoms with Crippen LogP contribution in [-0.2, 0) is 0 Å². The summed E-state index contributed by atoms with van der Waals surface area (Å²) in [6.07, 6.45) is 6.12. The summed E-state index contributed by atoms with van der Waals surface area (Å²) in [6, 6.07) is 11.9. The van der Waals surface area contributed by atoms with Crippen LogP contribution in [0.3, 0.4) is 0 Å². The number of urea groups is 1. The van der Waals surface area contributed by atoms with Crippen LogP contribution in [0.15, 0.2) is 48.8 Å². The van der Waals surface area contributed by atoms with Gasteiger partial charge in [0.2, 0.25) is 0 Å². The molecule has 0 aliphatic heterocycles. The van der Waals surface area contributed by atoms with Gasteiger partial charge in [-0.3, -0.25) is 9.58 Å². The predicted molar refractivity (Wildman–Crippen MR) is 91.4 cm³/mol. The Hall–Kier alpha value is -2.30. The zero-order valence-corrected chi connectivity index (χ0v) is 13.7. The summed E-state index contributed by atoms with van der Waals surface area (Å²) in [7, 11) is 0. The Kier molecular flexibility index (Phi) is 4.65. The molecular weight excluding hydrogens is 288 g/mol. The van der Waals surface area contributed by atoms with Gasteiger partial charge in [-0.15, -0.1) is 0 Å². The highest BCUT2D eigenvalue weighted by Crippen LogP contribution is 2.31. The van der Waals surface area contributed by atoms with Crippen molar-refractivity contribution in [3.05, 3.63) is 48.8 Å². The van der Waals surface area contributed by atoms with Gasteiger partial charge in [-0.1, -0.05) is 18.2 Å². The smallest absolute Gasteiger partial charge is 0.322 e. The van der Waals surface area contributed by atoms with Crippen molar-refractivity contribution in [1.29, 1.82) is 0 Å². The van der Waals surface area contributed by atoms with Gasteiger partial charge in [0.05, 0.1) is 6.04 Å². The van der Waals surface area contributed by atoms with E-state index in [1.807, 2.05) is 59.1 Å². The summed E-state index contributed by atoms with van der Waals surface area (Å²) >= 11 is 0. The van der Waals surface area contributed by atoms with Crippen molar-refractivity contribution in [3.8, 4) is 0 Å². The lowest BCUT2D eigenvalue weighted by atomic mass is 10.2. The predicted octanol–water partition coefficient (Wildman–Crippen LogP) is 3.46. The van der Waals surface area contributed by atoms with E-state index in [1.54, 1.807) is 6.20 Å². The number of hydrogen-bond donors (Lipinski definition) is 1. The van der Waals surface area contributed by atoms with E-state index in [-0.39, 0.29) is 18.1 Å². The van der Waals surface area contributed by atoms with Crippen molar-refractivity contribution >= 4 is 11.7 Å². The van der Waals surface area contributed by atoms with Crippen LogP contribution < -0.4 is 10.2 Å². The Balaban J connectivity index is 1.68. The van der Waals surface area contributed by atoms with Crippen LogP contribution in [0.25, 0.3) is 0 Å². The first-order valence-electron chi connectivity index (χ1n) is 8.27. The molecule has 5 heteroatoms. The van der Waals surface area contributed by atoms with Crippen LogP contribution in [0.4, 0.5) is 10.5 Å². The van der Waals surface area contributed by atoms with E-state index in [9.17, 15) is 4.79 Å². The largest absolute Gasteiger partial charge is 0.333 e. The van der Waals surface area contributed by atoms with Crippen LogP contribution in [0, 0.1) is 5.92 Å². The van der Waals surface area contributed by atoms with Gasteiger partial charge in [-0.25, -0.2) is 4.79 Å². The van der Waals surface area contributed by atoms with E-state index in [2.05, 4.69) is 17.3 Å². The average molecular weight is 312 g/mol. The summed E-state index contributed by atoms with van der Waals surface area (Å²) in [5.74, 6) is 0.639. The topological polar surface area (TPSA) is 50.2 Å². The van der Waals surface area contributed by atoms with E-state index in [0.29, 0.717) is 5.92 Å². The van der Waals surface area contributed by atoms with E-state index in [0.717, 1.165) is 12.2 Å². The molecule has 1 heterocycles. The molecule has 0 unspecified atom stereocenters. The SMILES string of the molecule is C[C@H](NC(=O)N(CC1CC1)c1ccccc1)[C@H](C)n1cccn1. The molecular formula is C18H24N4O. The molecule has 1 aliphatic carbocycles. The van der Waals surface area contributed by atoms with Gasteiger partial charge in [0.1, 0.15) is 0 Å². The number of para-hydroxylation sites is 1. The molecule has 1 N–H and O–H groups in total. The second-order valence-corrected chi connectivity index (χ2v) is 6.35. The minimum Gasteiger partial charge on any atom is -0.333 e. The van der Waals surface area contributed by atoms with Crippen molar-refractivity contribution < 1.29 is 4.79 Å². The first-order chi connectivity index (χ1) is 11.1. The zero-order valence-electron chi connectivity index (χ0n) is 13.7. The summed E-state index contributed by atoms with van der Waals surface area (Å²) < 4.78 is 1.87. The third-order valence-corrected chi connectivity index (χ3v) is 4.47. The summed E-state index contributed by atoms with van der Waals surface area (Å²) in [6.45, 7) is 4.87. The number of nitrogens with zero attached hydrogens (tertiary/aromatic N) is 3. The van der Waals surface area contributed by atoms with Crippen LogP contribution in [0.1, 0.15) is 32.7 Å². The molecule has 0 spiro atoms. The zero-order chi connectivity index (χ0) is 16.2. The minimum absolute atomic E-state index is 0.00665. The molecule has 23 heavy (non-hydrogen) atoms. The van der Waals surface area contributed by atoms with Crippen molar-refractivity contribution in [1.82, 2.24) is 15.1 Å². The summed E-state index contributed by atoms with van der Waals surface area (Å²) in [5.41, 5.74) is 0.954. The molecule has 3 rings (SSSR count). The summed E-state index contributed by atoms with van der Waals surface area (Å²) in [4.78, 5) is 14.6. The van der Waals surface area contributed by atoms with Gasteiger partial charge in [-0.05, 0) is 50.8 Å². The van der Waals surface area contributed by atoms with Gasteiger partial charge in [0, 0.05) is 30.7 Å². The summed E-state index contributed by atoms with van der Waals surface area (Å²) in [5, 5.41) is 7.38. The molecule has 1 fully saturated rings. The highest BCUT2D eigenvalue weighted by Gasteiger charge is 2.29. The van der Waals surface area contributed by atoms with Crippen molar-refractivity contribution in [3.63, 3.8) is 0 Å². The molecule has 1 aliphatic rings. The van der Waals surface area contributed by atoms with Gasteiger partial charge in [0.15, 0.2) is 0 Å². The standard InChI is InChI=1S/C18H24N4O/c1-14(15(2)22-12-6-11-19-22)20-18(23)21(13-16-9-10-16)17-7-4-3-5-8-17/h3-8,11-12,14-16H,9-10,13H2,1-2H3,(H,20,23)/t14-,15-/m0/s1. The molecule has 5 nitrogen and oxygen atoms in total. The van der Waals surface area contributed by atoms with Crippen molar-refractivity contribution in [2.45, 2.75) is 38.8 Å². The molecule has 1 aromatic heterocycles. The quantitative estimate of drug-likeness (QED) is 0.888. The number of aromatic nitrogens is 2. The fourth-order valence-electron chi connectivity index (χ4n) is 2.62. The van der Waals surface area contributed by atoms with Crippen LogP contribution in [0.2, 0.25) is 0 Å². The first kappa shape index (κ1) is 15.6. The molecule has 2 atom stereocenters. The molecule has 2 amide bonds. The lowest BCUT2D eigenvalue weighted by Crippen LogP contribution is -2.47. The average Bonchev–Trinajstić information content (AvgIpc) is 3.22. The molecule has 1 aromatic carbocycles. The number of benzene rings is 1. The third-order valence-electron chi connectivity index (χ3n) is 4.47. The third kappa shape index (κ3) is 3.92. The molecule has 0 saturated heterocycles. The number of anilines is 1. The van der Waals surface area contributed by atoms with Gasteiger partial charge in [-0.2, -0.15) is 5.10 Å². The highest BCUT2D eigenvalue weighted by molar-refractivity contribution is 5.92. The fraction of sp³-hybridized carbons (Fsp3) is 0.444. The van der Waals surface area contributed by atoms with Gasteiger partial charge < -0.3 is 5.32 Å².